The van der Waals surface area contributed by atoms with Gasteiger partial charge in [0.2, 0.25) is 5.91 Å². The lowest BCUT2D eigenvalue weighted by atomic mass is 10.1. The molecule has 104 valence electrons. The van der Waals surface area contributed by atoms with E-state index >= 15 is 0 Å². The van der Waals surface area contributed by atoms with Crippen molar-refractivity contribution >= 4 is 17.5 Å². The van der Waals surface area contributed by atoms with Crippen LogP contribution in [0.25, 0.3) is 0 Å². The van der Waals surface area contributed by atoms with Crippen molar-refractivity contribution in [2.45, 2.75) is 25.3 Å². The third-order valence-electron chi connectivity index (χ3n) is 3.09. The third kappa shape index (κ3) is 4.73. The van der Waals surface area contributed by atoms with Gasteiger partial charge in [0.1, 0.15) is 5.75 Å². The standard InChI is InChI=1S/C14H19ClN2O2/c15-12-5-1-2-6-13(12)19-9-7-14(18)17-11-4-3-8-16-10-11/h1-2,5-6,11,16H,3-4,7-10H2,(H,17,18). The normalized spacial score (nSPS) is 18.9. The van der Waals surface area contributed by atoms with E-state index in [1.54, 1.807) is 12.1 Å². The van der Waals surface area contributed by atoms with E-state index in [1.807, 2.05) is 12.1 Å². The summed E-state index contributed by atoms with van der Waals surface area (Å²) in [4.78, 5) is 11.7. The zero-order valence-corrected chi connectivity index (χ0v) is 11.6. The van der Waals surface area contributed by atoms with Crippen LogP contribution in [-0.4, -0.2) is 31.6 Å². The lowest BCUT2D eigenvalue weighted by Crippen LogP contribution is -2.45. The average Bonchev–Trinajstić information content (AvgIpc) is 2.42. The van der Waals surface area contributed by atoms with Crippen molar-refractivity contribution in [2.75, 3.05) is 19.7 Å². The lowest BCUT2D eigenvalue weighted by molar-refractivity contribution is -0.122. The number of hydrogen-bond acceptors (Lipinski definition) is 3. The molecule has 0 saturated carbocycles. The van der Waals surface area contributed by atoms with Gasteiger partial charge in [-0.2, -0.15) is 0 Å². The number of hydrogen-bond donors (Lipinski definition) is 2. The maximum Gasteiger partial charge on any atom is 0.223 e. The molecule has 1 saturated heterocycles. The predicted molar refractivity (Wildman–Crippen MR) is 75.6 cm³/mol. The van der Waals surface area contributed by atoms with E-state index < -0.39 is 0 Å². The molecule has 2 rings (SSSR count). The quantitative estimate of drug-likeness (QED) is 0.868. The van der Waals surface area contributed by atoms with Crippen LogP contribution in [0.1, 0.15) is 19.3 Å². The van der Waals surface area contributed by atoms with Gasteiger partial charge in [-0.15, -0.1) is 0 Å². The second-order valence-corrected chi connectivity index (χ2v) is 5.05. The summed E-state index contributed by atoms with van der Waals surface area (Å²) in [5, 5.41) is 6.84. The molecule has 0 aromatic heterocycles. The van der Waals surface area contributed by atoms with Gasteiger partial charge in [-0.05, 0) is 31.5 Å². The highest BCUT2D eigenvalue weighted by Crippen LogP contribution is 2.22. The summed E-state index contributed by atoms with van der Waals surface area (Å²) in [6.45, 7) is 2.24. The third-order valence-corrected chi connectivity index (χ3v) is 3.40. The molecule has 5 heteroatoms. The Balaban J connectivity index is 1.67. The van der Waals surface area contributed by atoms with Gasteiger partial charge in [-0.1, -0.05) is 23.7 Å². The maximum atomic E-state index is 11.7. The van der Waals surface area contributed by atoms with Crippen LogP contribution in [0.15, 0.2) is 24.3 Å². The second-order valence-electron chi connectivity index (χ2n) is 4.64. The van der Waals surface area contributed by atoms with Crippen LogP contribution in [-0.2, 0) is 4.79 Å². The van der Waals surface area contributed by atoms with Gasteiger partial charge in [0.25, 0.3) is 0 Å². The van der Waals surface area contributed by atoms with Gasteiger partial charge in [-0.3, -0.25) is 4.79 Å². The number of nitrogens with one attached hydrogen (secondary N) is 2. The fourth-order valence-electron chi connectivity index (χ4n) is 2.09. The number of amides is 1. The van der Waals surface area contributed by atoms with E-state index in [1.165, 1.54) is 0 Å². The highest BCUT2D eigenvalue weighted by molar-refractivity contribution is 6.32. The first-order valence-corrected chi connectivity index (χ1v) is 7.01. The number of rotatable bonds is 5. The first-order valence-electron chi connectivity index (χ1n) is 6.63. The SMILES string of the molecule is O=C(CCOc1ccccc1Cl)NC1CCCNC1. The molecule has 1 amide bonds. The molecule has 1 aromatic carbocycles. The Morgan fingerprint density at radius 2 is 2.32 bits per heavy atom. The van der Waals surface area contributed by atoms with Crippen LogP contribution in [0.5, 0.6) is 5.75 Å². The van der Waals surface area contributed by atoms with E-state index in [2.05, 4.69) is 10.6 Å². The number of piperidine rings is 1. The van der Waals surface area contributed by atoms with Crippen molar-refractivity contribution in [2.24, 2.45) is 0 Å². The summed E-state index contributed by atoms with van der Waals surface area (Å²) in [7, 11) is 0. The molecule has 1 fully saturated rings. The molecule has 0 radical (unpaired) electrons. The van der Waals surface area contributed by atoms with Crippen molar-refractivity contribution < 1.29 is 9.53 Å². The Kier molecular flexibility index (Phi) is 5.48. The largest absolute Gasteiger partial charge is 0.491 e. The summed E-state index contributed by atoms with van der Waals surface area (Å²) in [5.74, 6) is 0.650. The van der Waals surface area contributed by atoms with E-state index in [0.29, 0.717) is 23.8 Å². The Morgan fingerprint density at radius 1 is 1.47 bits per heavy atom. The van der Waals surface area contributed by atoms with E-state index in [9.17, 15) is 4.79 Å². The fraction of sp³-hybridized carbons (Fsp3) is 0.500. The zero-order chi connectivity index (χ0) is 13.5. The molecule has 4 nitrogen and oxygen atoms in total. The molecular formula is C14H19ClN2O2. The molecule has 1 unspecified atom stereocenters. The van der Waals surface area contributed by atoms with Crippen LogP contribution in [0.2, 0.25) is 5.02 Å². The number of ether oxygens (including phenoxy) is 1. The smallest absolute Gasteiger partial charge is 0.223 e. The molecule has 1 aliphatic heterocycles. The number of carbonyl (C=O) groups is 1. The molecule has 0 spiro atoms. The Morgan fingerprint density at radius 3 is 3.05 bits per heavy atom. The van der Waals surface area contributed by atoms with Gasteiger partial charge in [0.15, 0.2) is 0 Å². The number of para-hydroxylation sites is 1. The highest BCUT2D eigenvalue weighted by atomic mass is 35.5. The van der Waals surface area contributed by atoms with Gasteiger partial charge in [-0.25, -0.2) is 0 Å². The highest BCUT2D eigenvalue weighted by Gasteiger charge is 2.15. The fourth-order valence-corrected chi connectivity index (χ4v) is 2.28. The Labute approximate surface area is 118 Å². The van der Waals surface area contributed by atoms with E-state index in [-0.39, 0.29) is 11.9 Å². The molecule has 1 aromatic rings. The molecule has 1 atom stereocenters. The summed E-state index contributed by atoms with van der Waals surface area (Å²) in [5.41, 5.74) is 0. The number of benzene rings is 1. The minimum atomic E-state index is 0.0285. The predicted octanol–water partition coefficient (Wildman–Crippen LogP) is 1.98. The monoisotopic (exact) mass is 282 g/mol. The average molecular weight is 283 g/mol. The second kappa shape index (κ2) is 7.36. The first-order chi connectivity index (χ1) is 9.25. The molecule has 2 N–H and O–H groups in total. The van der Waals surface area contributed by atoms with Crippen molar-refractivity contribution in [1.29, 1.82) is 0 Å². The van der Waals surface area contributed by atoms with Crippen LogP contribution >= 0.6 is 11.6 Å². The number of carbonyl (C=O) groups excluding carboxylic acids is 1. The van der Waals surface area contributed by atoms with Crippen molar-refractivity contribution in [3.8, 4) is 5.75 Å². The topological polar surface area (TPSA) is 50.4 Å². The molecule has 0 bridgehead atoms. The van der Waals surface area contributed by atoms with Crippen molar-refractivity contribution in [3.05, 3.63) is 29.3 Å². The molecule has 1 heterocycles. The van der Waals surface area contributed by atoms with Crippen LogP contribution < -0.4 is 15.4 Å². The van der Waals surface area contributed by atoms with E-state index in [0.717, 1.165) is 25.9 Å². The molecule has 0 aliphatic carbocycles. The zero-order valence-electron chi connectivity index (χ0n) is 10.8. The van der Waals surface area contributed by atoms with E-state index in [4.69, 9.17) is 16.3 Å². The van der Waals surface area contributed by atoms with Crippen LogP contribution in [0.3, 0.4) is 0 Å². The summed E-state index contributed by atoms with van der Waals surface area (Å²) >= 11 is 5.96. The van der Waals surface area contributed by atoms with Crippen molar-refractivity contribution in [3.63, 3.8) is 0 Å². The minimum Gasteiger partial charge on any atom is -0.491 e. The Bertz CT molecular complexity index is 420. The number of halogens is 1. The maximum absolute atomic E-state index is 11.7. The molecule has 19 heavy (non-hydrogen) atoms. The van der Waals surface area contributed by atoms with Gasteiger partial charge in [0, 0.05) is 12.6 Å². The molecule has 1 aliphatic rings. The molecular weight excluding hydrogens is 264 g/mol. The summed E-state index contributed by atoms with van der Waals surface area (Å²) in [6.07, 6.45) is 2.51. The van der Waals surface area contributed by atoms with Crippen LogP contribution in [0.4, 0.5) is 0 Å². The Hall–Kier alpha value is -1.26. The van der Waals surface area contributed by atoms with Gasteiger partial charge < -0.3 is 15.4 Å². The van der Waals surface area contributed by atoms with Crippen LogP contribution in [0, 0.1) is 0 Å². The van der Waals surface area contributed by atoms with Gasteiger partial charge in [0.05, 0.1) is 18.1 Å². The lowest BCUT2D eigenvalue weighted by Gasteiger charge is -2.23. The summed E-state index contributed by atoms with van der Waals surface area (Å²) in [6, 6.07) is 7.52. The van der Waals surface area contributed by atoms with Gasteiger partial charge >= 0.3 is 0 Å². The van der Waals surface area contributed by atoms with Crippen molar-refractivity contribution in [1.82, 2.24) is 10.6 Å². The summed E-state index contributed by atoms with van der Waals surface area (Å²) < 4.78 is 5.49. The minimum absolute atomic E-state index is 0.0285. The first kappa shape index (κ1) is 14.2.